The second-order valence-corrected chi connectivity index (χ2v) is 8.10. The molecular formula is C22H32N2O2. The minimum absolute atomic E-state index is 0.362. The third-order valence-electron chi connectivity index (χ3n) is 5.46. The summed E-state index contributed by atoms with van der Waals surface area (Å²) in [4.78, 5) is 16.9. The molecule has 2 fully saturated rings. The van der Waals surface area contributed by atoms with Crippen LogP contribution in [0.2, 0.25) is 0 Å². The molecule has 1 aliphatic carbocycles. The van der Waals surface area contributed by atoms with Gasteiger partial charge < -0.3 is 14.5 Å². The largest absolute Gasteiger partial charge is 0.489 e. The smallest absolute Gasteiger partial charge is 0.223 e. The zero-order valence-electron chi connectivity index (χ0n) is 16.2. The Kier molecular flexibility index (Phi) is 6.36. The maximum Gasteiger partial charge on any atom is 0.223 e. The molecular weight excluding hydrogens is 324 g/mol. The van der Waals surface area contributed by atoms with Crippen molar-refractivity contribution in [3.8, 4) is 5.75 Å². The molecule has 3 rings (SSSR count). The van der Waals surface area contributed by atoms with Gasteiger partial charge in [-0.15, -0.1) is 0 Å². The lowest BCUT2D eigenvalue weighted by atomic mass is 10.1. The predicted molar refractivity (Wildman–Crippen MR) is 105 cm³/mol. The molecule has 0 N–H and O–H groups in total. The molecule has 1 heterocycles. The zero-order valence-corrected chi connectivity index (χ0v) is 16.2. The van der Waals surface area contributed by atoms with Crippen molar-refractivity contribution in [3.63, 3.8) is 0 Å². The fraction of sp³-hybridized carbons (Fsp3) is 0.591. The van der Waals surface area contributed by atoms with Gasteiger partial charge in [-0.1, -0.05) is 37.6 Å². The quantitative estimate of drug-likeness (QED) is 0.663. The van der Waals surface area contributed by atoms with Gasteiger partial charge in [0.15, 0.2) is 0 Å². The molecule has 1 aromatic rings. The molecule has 1 aliphatic heterocycles. The van der Waals surface area contributed by atoms with E-state index in [-0.39, 0.29) is 0 Å². The van der Waals surface area contributed by atoms with Gasteiger partial charge in [-0.3, -0.25) is 4.79 Å². The van der Waals surface area contributed by atoms with E-state index >= 15 is 0 Å². The average Bonchev–Trinajstić information content (AvgIpc) is 3.23. The Morgan fingerprint density at radius 1 is 1.31 bits per heavy atom. The summed E-state index contributed by atoms with van der Waals surface area (Å²) in [5.41, 5.74) is 2.21. The first-order valence-corrected chi connectivity index (χ1v) is 9.86. The van der Waals surface area contributed by atoms with Gasteiger partial charge in [0.25, 0.3) is 0 Å². The SMILES string of the molecule is C=C(C)COc1ccccc1CN(C)CC1CC(=O)N(C2CCCC2)C1. The summed E-state index contributed by atoms with van der Waals surface area (Å²) in [6.07, 6.45) is 5.65. The predicted octanol–water partition coefficient (Wildman–Crippen LogP) is 3.86. The Morgan fingerprint density at radius 3 is 2.77 bits per heavy atom. The number of para-hydroxylation sites is 1. The van der Waals surface area contributed by atoms with Gasteiger partial charge in [-0.2, -0.15) is 0 Å². The first kappa shape index (κ1) is 19.0. The van der Waals surface area contributed by atoms with Crippen LogP contribution < -0.4 is 4.74 Å². The van der Waals surface area contributed by atoms with Gasteiger partial charge in [0.1, 0.15) is 12.4 Å². The van der Waals surface area contributed by atoms with E-state index in [0.29, 0.717) is 30.9 Å². The van der Waals surface area contributed by atoms with E-state index in [4.69, 9.17) is 4.74 Å². The number of benzene rings is 1. The van der Waals surface area contributed by atoms with Crippen molar-refractivity contribution < 1.29 is 9.53 Å². The summed E-state index contributed by atoms with van der Waals surface area (Å²) in [6, 6.07) is 8.71. The Morgan fingerprint density at radius 2 is 2.04 bits per heavy atom. The van der Waals surface area contributed by atoms with Crippen LogP contribution in [0, 0.1) is 5.92 Å². The molecule has 1 saturated heterocycles. The topological polar surface area (TPSA) is 32.8 Å². The van der Waals surface area contributed by atoms with Gasteiger partial charge >= 0.3 is 0 Å². The molecule has 1 amide bonds. The molecule has 0 spiro atoms. The van der Waals surface area contributed by atoms with Crippen LogP contribution in [0.1, 0.15) is 44.6 Å². The molecule has 0 aromatic heterocycles. The number of ether oxygens (including phenoxy) is 1. The number of carbonyl (C=O) groups is 1. The Hall–Kier alpha value is -1.81. The second kappa shape index (κ2) is 8.72. The third-order valence-corrected chi connectivity index (χ3v) is 5.46. The van der Waals surface area contributed by atoms with E-state index in [1.165, 1.54) is 31.2 Å². The van der Waals surface area contributed by atoms with Gasteiger partial charge in [0.05, 0.1) is 0 Å². The highest BCUT2D eigenvalue weighted by Gasteiger charge is 2.35. The van der Waals surface area contributed by atoms with Crippen LogP contribution in [-0.2, 0) is 11.3 Å². The van der Waals surface area contributed by atoms with E-state index < -0.39 is 0 Å². The van der Waals surface area contributed by atoms with Crippen LogP contribution in [0.4, 0.5) is 0 Å². The van der Waals surface area contributed by atoms with E-state index in [2.05, 4.69) is 35.6 Å². The number of amides is 1. The number of carbonyl (C=O) groups excluding carboxylic acids is 1. The number of hydrogen-bond acceptors (Lipinski definition) is 3. The maximum atomic E-state index is 12.4. The Balaban J connectivity index is 1.53. The summed E-state index contributed by atoms with van der Waals surface area (Å²) >= 11 is 0. The summed E-state index contributed by atoms with van der Waals surface area (Å²) in [7, 11) is 2.14. The molecule has 1 unspecified atom stereocenters. The molecule has 0 bridgehead atoms. The maximum absolute atomic E-state index is 12.4. The lowest BCUT2D eigenvalue weighted by molar-refractivity contribution is -0.129. The zero-order chi connectivity index (χ0) is 18.5. The van der Waals surface area contributed by atoms with Crippen molar-refractivity contribution in [1.82, 2.24) is 9.80 Å². The monoisotopic (exact) mass is 356 g/mol. The van der Waals surface area contributed by atoms with Crippen molar-refractivity contribution in [1.29, 1.82) is 0 Å². The normalized spacial score (nSPS) is 21.0. The number of rotatable bonds is 8. The number of likely N-dealkylation sites (tertiary alicyclic amines) is 1. The molecule has 1 saturated carbocycles. The highest BCUT2D eigenvalue weighted by Crippen LogP contribution is 2.30. The van der Waals surface area contributed by atoms with Crippen LogP contribution in [0.25, 0.3) is 0 Å². The van der Waals surface area contributed by atoms with Gasteiger partial charge in [-0.05, 0) is 44.4 Å². The fourth-order valence-corrected chi connectivity index (χ4v) is 4.27. The number of hydrogen-bond donors (Lipinski definition) is 0. The van der Waals surface area contributed by atoms with E-state index in [1.807, 2.05) is 19.1 Å². The van der Waals surface area contributed by atoms with E-state index in [0.717, 1.165) is 31.0 Å². The average molecular weight is 357 g/mol. The minimum Gasteiger partial charge on any atom is -0.489 e. The van der Waals surface area contributed by atoms with Crippen LogP contribution in [0.5, 0.6) is 5.75 Å². The molecule has 142 valence electrons. The fourth-order valence-electron chi connectivity index (χ4n) is 4.27. The van der Waals surface area contributed by atoms with Gasteiger partial charge in [0, 0.05) is 37.7 Å². The van der Waals surface area contributed by atoms with Crippen LogP contribution in [0.15, 0.2) is 36.4 Å². The Labute approximate surface area is 157 Å². The highest BCUT2D eigenvalue weighted by atomic mass is 16.5. The van der Waals surface area contributed by atoms with Crippen molar-refractivity contribution in [3.05, 3.63) is 42.0 Å². The molecule has 1 aromatic carbocycles. The first-order valence-electron chi connectivity index (χ1n) is 9.86. The number of nitrogens with zero attached hydrogens (tertiary/aromatic N) is 2. The van der Waals surface area contributed by atoms with Gasteiger partial charge in [-0.25, -0.2) is 0 Å². The van der Waals surface area contributed by atoms with Crippen molar-refractivity contribution in [2.24, 2.45) is 5.92 Å². The minimum atomic E-state index is 0.362. The Bertz CT molecular complexity index is 637. The molecule has 2 aliphatic rings. The lowest BCUT2D eigenvalue weighted by Crippen LogP contribution is -2.35. The molecule has 26 heavy (non-hydrogen) atoms. The van der Waals surface area contributed by atoms with E-state index in [9.17, 15) is 4.79 Å². The van der Waals surface area contributed by atoms with Crippen LogP contribution in [-0.4, -0.2) is 48.5 Å². The summed E-state index contributed by atoms with van der Waals surface area (Å²) in [6.45, 7) is 9.14. The standard InChI is InChI=1S/C22H32N2O2/c1-17(2)16-26-21-11-7-4-8-19(21)15-23(3)13-18-12-22(25)24(14-18)20-9-5-6-10-20/h4,7-8,11,18,20H,1,5-6,9-10,12-16H2,2-3H3. The summed E-state index contributed by atoms with van der Waals surface area (Å²) in [5, 5.41) is 0. The highest BCUT2D eigenvalue weighted by molar-refractivity contribution is 5.79. The summed E-state index contributed by atoms with van der Waals surface area (Å²) < 4.78 is 5.88. The molecule has 4 heteroatoms. The third kappa shape index (κ3) is 4.88. The van der Waals surface area contributed by atoms with Crippen molar-refractivity contribution in [2.75, 3.05) is 26.7 Å². The summed E-state index contributed by atoms with van der Waals surface area (Å²) in [5.74, 6) is 1.73. The molecule has 0 radical (unpaired) electrons. The van der Waals surface area contributed by atoms with Crippen molar-refractivity contribution >= 4 is 5.91 Å². The molecule has 1 atom stereocenters. The van der Waals surface area contributed by atoms with Crippen LogP contribution >= 0.6 is 0 Å². The van der Waals surface area contributed by atoms with Gasteiger partial charge in [0.2, 0.25) is 5.91 Å². The van der Waals surface area contributed by atoms with Crippen LogP contribution in [0.3, 0.4) is 0 Å². The second-order valence-electron chi connectivity index (χ2n) is 8.10. The van der Waals surface area contributed by atoms with Crippen molar-refractivity contribution in [2.45, 2.75) is 51.6 Å². The first-order chi connectivity index (χ1) is 12.5. The molecule has 4 nitrogen and oxygen atoms in total. The van der Waals surface area contributed by atoms with E-state index in [1.54, 1.807) is 0 Å². The lowest BCUT2D eigenvalue weighted by Gasteiger charge is -2.25.